The lowest BCUT2D eigenvalue weighted by Crippen LogP contribution is -2.63. The second kappa shape index (κ2) is 4.72. The fourth-order valence-corrected chi connectivity index (χ4v) is 2.28. The molecule has 1 aliphatic heterocycles. The van der Waals surface area contributed by atoms with Gasteiger partial charge in [0.25, 0.3) is 0 Å². The maximum Gasteiger partial charge on any atom is 0.236 e. The number of hydrogen-bond donors (Lipinski definition) is 1. The number of primary amides is 1. The predicted molar refractivity (Wildman–Crippen MR) is 66.2 cm³/mol. The molecule has 0 aromatic heterocycles. The summed E-state index contributed by atoms with van der Waals surface area (Å²) in [7, 11) is 0. The molecule has 4 nitrogen and oxygen atoms in total. The first-order valence-electron chi connectivity index (χ1n) is 6.03. The second-order valence-electron chi connectivity index (χ2n) is 5.87. The number of nitrogens with zero attached hydrogens (tertiary/aromatic N) is 2. The normalized spacial score (nSPS) is 25.0. The minimum atomic E-state index is -0.206. The van der Waals surface area contributed by atoms with Crippen molar-refractivity contribution < 1.29 is 4.79 Å². The Morgan fingerprint density at radius 3 is 2.25 bits per heavy atom. The van der Waals surface area contributed by atoms with E-state index >= 15 is 0 Å². The fourth-order valence-electron chi connectivity index (χ4n) is 2.28. The molecule has 0 saturated carbocycles. The minimum absolute atomic E-state index is 0.108. The number of carbonyl (C=O) groups is 1. The van der Waals surface area contributed by atoms with Crippen LogP contribution in [-0.2, 0) is 4.79 Å². The summed E-state index contributed by atoms with van der Waals surface area (Å²) in [6, 6.07) is 0.229. The summed E-state index contributed by atoms with van der Waals surface area (Å²) in [5.74, 6) is -0.206. The number of carbonyl (C=O) groups excluding carboxylic acids is 1. The van der Waals surface area contributed by atoms with Gasteiger partial charge in [-0.15, -0.1) is 0 Å². The van der Waals surface area contributed by atoms with Crippen molar-refractivity contribution >= 4 is 5.91 Å². The molecule has 0 aliphatic carbocycles. The van der Waals surface area contributed by atoms with E-state index in [1.165, 1.54) is 0 Å². The molecule has 1 saturated heterocycles. The molecule has 1 rings (SSSR count). The molecule has 0 aromatic rings. The van der Waals surface area contributed by atoms with Gasteiger partial charge in [-0.1, -0.05) is 0 Å². The molecule has 1 unspecified atom stereocenters. The lowest BCUT2D eigenvalue weighted by Gasteiger charge is -2.47. The third-order valence-electron chi connectivity index (χ3n) is 3.36. The Balaban J connectivity index is 2.77. The maximum absolute atomic E-state index is 11.5. The van der Waals surface area contributed by atoms with Crippen LogP contribution in [0.15, 0.2) is 0 Å². The Hall–Kier alpha value is -0.610. The number of rotatable bonds is 2. The topological polar surface area (TPSA) is 49.6 Å². The molecular weight excluding hydrogens is 202 g/mol. The van der Waals surface area contributed by atoms with E-state index in [1.54, 1.807) is 0 Å². The Bertz CT molecular complexity index is 257. The zero-order valence-electron chi connectivity index (χ0n) is 11.2. The van der Waals surface area contributed by atoms with Crippen LogP contribution in [0.5, 0.6) is 0 Å². The first kappa shape index (κ1) is 13.5. The third kappa shape index (κ3) is 2.95. The van der Waals surface area contributed by atoms with E-state index in [0.717, 1.165) is 19.6 Å². The molecule has 0 bridgehead atoms. The molecule has 1 fully saturated rings. The molecule has 4 heteroatoms. The van der Waals surface area contributed by atoms with Crippen LogP contribution in [0.25, 0.3) is 0 Å². The Morgan fingerprint density at radius 1 is 1.31 bits per heavy atom. The van der Waals surface area contributed by atoms with Crippen molar-refractivity contribution in [1.82, 2.24) is 9.80 Å². The van der Waals surface area contributed by atoms with Crippen LogP contribution in [0.1, 0.15) is 34.6 Å². The van der Waals surface area contributed by atoms with Gasteiger partial charge in [-0.05, 0) is 34.6 Å². The molecule has 1 atom stereocenters. The first-order chi connectivity index (χ1) is 7.23. The van der Waals surface area contributed by atoms with Gasteiger partial charge in [0.1, 0.15) is 6.04 Å². The van der Waals surface area contributed by atoms with Gasteiger partial charge in [0.2, 0.25) is 5.91 Å². The van der Waals surface area contributed by atoms with Crippen molar-refractivity contribution in [3.63, 3.8) is 0 Å². The van der Waals surface area contributed by atoms with Crippen molar-refractivity contribution in [3.05, 3.63) is 0 Å². The summed E-state index contributed by atoms with van der Waals surface area (Å²) in [4.78, 5) is 16.0. The predicted octanol–water partition coefficient (Wildman–Crippen LogP) is 0.665. The van der Waals surface area contributed by atoms with Gasteiger partial charge in [-0.2, -0.15) is 0 Å². The van der Waals surface area contributed by atoms with Gasteiger partial charge in [0, 0.05) is 31.2 Å². The fraction of sp³-hybridized carbons (Fsp3) is 0.917. The monoisotopic (exact) mass is 227 g/mol. The van der Waals surface area contributed by atoms with Crippen LogP contribution in [0.4, 0.5) is 0 Å². The Labute approximate surface area is 98.8 Å². The summed E-state index contributed by atoms with van der Waals surface area (Å²) < 4.78 is 0. The van der Waals surface area contributed by atoms with Crippen molar-refractivity contribution in [1.29, 1.82) is 0 Å². The smallest absolute Gasteiger partial charge is 0.236 e. The average molecular weight is 227 g/mol. The van der Waals surface area contributed by atoms with Crippen LogP contribution in [-0.4, -0.2) is 53.0 Å². The maximum atomic E-state index is 11.5. The Kier molecular flexibility index (Phi) is 3.97. The molecular formula is C12H25N3O. The Morgan fingerprint density at radius 2 is 1.88 bits per heavy atom. The molecule has 1 amide bonds. The van der Waals surface area contributed by atoms with E-state index in [1.807, 2.05) is 0 Å². The molecule has 94 valence electrons. The lowest BCUT2D eigenvalue weighted by atomic mass is 10.0. The average Bonchev–Trinajstić information content (AvgIpc) is 2.15. The van der Waals surface area contributed by atoms with E-state index in [-0.39, 0.29) is 17.5 Å². The van der Waals surface area contributed by atoms with E-state index in [2.05, 4.69) is 44.4 Å². The summed E-state index contributed by atoms with van der Waals surface area (Å²) >= 11 is 0. The highest BCUT2D eigenvalue weighted by molar-refractivity contribution is 5.80. The molecule has 1 aliphatic rings. The summed E-state index contributed by atoms with van der Waals surface area (Å²) in [5.41, 5.74) is 5.60. The van der Waals surface area contributed by atoms with Crippen LogP contribution in [0, 0.1) is 0 Å². The highest BCUT2D eigenvalue weighted by Crippen LogP contribution is 2.20. The number of piperazine rings is 1. The second-order valence-corrected chi connectivity index (χ2v) is 5.87. The number of amides is 1. The van der Waals surface area contributed by atoms with Crippen molar-refractivity contribution in [2.24, 2.45) is 5.73 Å². The summed E-state index contributed by atoms with van der Waals surface area (Å²) in [6.45, 7) is 13.4. The number of nitrogens with two attached hydrogens (primary N) is 1. The van der Waals surface area contributed by atoms with Crippen molar-refractivity contribution in [2.75, 3.05) is 19.6 Å². The zero-order valence-corrected chi connectivity index (χ0v) is 11.2. The highest BCUT2D eigenvalue weighted by atomic mass is 16.1. The standard InChI is InChI=1S/C12H25N3O/c1-9(2)15-7-6-14(12(3,4)5)8-10(15)11(13)16/h9-10H,6-8H2,1-5H3,(H2,13,16). The summed E-state index contributed by atoms with van der Waals surface area (Å²) in [5, 5.41) is 0. The van der Waals surface area contributed by atoms with Gasteiger partial charge in [0.05, 0.1) is 0 Å². The van der Waals surface area contributed by atoms with Gasteiger partial charge < -0.3 is 5.73 Å². The van der Waals surface area contributed by atoms with Crippen molar-refractivity contribution in [2.45, 2.75) is 52.2 Å². The van der Waals surface area contributed by atoms with E-state index in [9.17, 15) is 4.79 Å². The van der Waals surface area contributed by atoms with Crippen LogP contribution >= 0.6 is 0 Å². The molecule has 0 aromatic carbocycles. The molecule has 2 N–H and O–H groups in total. The molecule has 0 spiro atoms. The van der Waals surface area contributed by atoms with E-state index in [4.69, 9.17) is 5.73 Å². The van der Waals surface area contributed by atoms with Gasteiger partial charge in [0.15, 0.2) is 0 Å². The quantitative estimate of drug-likeness (QED) is 0.754. The van der Waals surface area contributed by atoms with Crippen molar-refractivity contribution in [3.8, 4) is 0 Å². The SMILES string of the molecule is CC(C)N1CCN(C(C)(C)C)CC1C(N)=O. The summed E-state index contributed by atoms with van der Waals surface area (Å²) in [6.07, 6.45) is 0. The van der Waals surface area contributed by atoms with E-state index in [0.29, 0.717) is 6.04 Å². The number of hydrogen-bond acceptors (Lipinski definition) is 3. The van der Waals surface area contributed by atoms with Gasteiger partial charge in [-0.25, -0.2) is 0 Å². The van der Waals surface area contributed by atoms with Crippen LogP contribution < -0.4 is 5.73 Å². The van der Waals surface area contributed by atoms with Gasteiger partial charge >= 0.3 is 0 Å². The van der Waals surface area contributed by atoms with Gasteiger partial charge in [-0.3, -0.25) is 14.6 Å². The van der Waals surface area contributed by atoms with Crippen LogP contribution in [0.3, 0.4) is 0 Å². The van der Waals surface area contributed by atoms with Crippen LogP contribution in [0.2, 0.25) is 0 Å². The minimum Gasteiger partial charge on any atom is -0.368 e. The molecule has 1 heterocycles. The molecule has 0 radical (unpaired) electrons. The first-order valence-corrected chi connectivity index (χ1v) is 6.03. The lowest BCUT2D eigenvalue weighted by molar-refractivity contribution is -0.127. The highest BCUT2D eigenvalue weighted by Gasteiger charge is 2.36. The zero-order chi connectivity index (χ0) is 12.5. The third-order valence-corrected chi connectivity index (χ3v) is 3.36. The van der Waals surface area contributed by atoms with E-state index < -0.39 is 0 Å². The molecule has 16 heavy (non-hydrogen) atoms. The largest absolute Gasteiger partial charge is 0.368 e.